The van der Waals surface area contributed by atoms with Gasteiger partial charge in [0.05, 0.1) is 13.2 Å². The zero-order chi connectivity index (χ0) is 37.0. The number of nitrogens with one attached hydrogen (secondary N) is 3. The Morgan fingerprint density at radius 2 is 1.69 bits per heavy atom. The predicted molar refractivity (Wildman–Crippen MR) is 154 cm³/mol. The summed E-state index contributed by atoms with van der Waals surface area (Å²) in [7, 11) is -11.4. The van der Waals surface area contributed by atoms with Gasteiger partial charge in [-0.2, -0.15) is 4.31 Å². The number of carboxylic acids is 1. The Bertz CT molecular complexity index is 1570. The van der Waals surface area contributed by atoms with E-state index in [0.717, 1.165) is 33.0 Å². The zero-order valence-corrected chi connectivity index (χ0v) is 27.5. The molecule has 1 aromatic rings. The number of aromatic nitrogens is 2. The number of carbonyl (C=O) groups is 3. The highest BCUT2D eigenvalue weighted by molar-refractivity contribution is 7.61. The van der Waals surface area contributed by atoms with Crippen molar-refractivity contribution in [3.05, 3.63) is 33.1 Å². The number of aliphatic hydroxyl groups is 4. The second kappa shape index (κ2) is 16.4. The molecule has 26 heteroatoms. The van der Waals surface area contributed by atoms with Gasteiger partial charge in [0.15, 0.2) is 12.5 Å². The van der Waals surface area contributed by atoms with Gasteiger partial charge in [-0.15, -0.1) is 0 Å². The van der Waals surface area contributed by atoms with E-state index in [-0.39, 0.29) is 0 Å². The van der Waals surface area contributed by atoms with Gasteiger partial charge in [0.2, 0.25) is 11.8 Å². The van der Waals surface area contributed by atoms with Crippen molar-refractivity contribution in [2.24, 2.45) is 0 Å². The molecule has 24 nitrogen and oxygen atoms in total. The van der Waals surface area contributed by atoms with Crippen molar-refractivity contribution in [1.82, 2.24) is 20.2 Å². The number of aliphatic carboxylic acids is 1. The molecule has 2 amide bonds. The Kier molecular flexibility index (Phi) is 13.6. The number of ether oxygens (including phenoxy) is 3. The number of rotatable bonds is 15. The van der Waals surface area contributed by atoms with Gasteiger partial charge in [-0.1, -0.05) is 0 Å². The Labute approximate surface area is 274 Å². The molecule has 49 heavy (non-hydrogen) atoms. The van der Waals surface area contributed by atoms with Crippen LogP contribution in [-0.4, -0.2) is 137 Å². The van der Waals surface area contributed by atoms with Gasteiger partial charge >= 0.3 is 27.3 Å². The van der Waals surface area contributed by atoms with E-state index in [0.29, 0.717) is 4.57 Å². The van der Waals surface area contributed by atoms with Crippen molar-refractivity contribution in [2.45, 2.75) is 88.1 Å². The van der Waals surface area contributed by atoms with E-state index >= 15 is 0 Å². The lowest BCUT2D eigenvalue weighted by Crippen LogP contribution is -2.66. The van der Waals surface area contributed by atoms with Crippen molar-refractivity contribution in [1.29, 1.82) is 0 Å². The second-order valence-electron chi connectivity index (χ2n) is 10.7. The normalized spacial score (nSPS) is 32.3. The van der Waals surface area contributed by atoms with Gasteiger partial charge in [0, 0.05) is 19.2 Å². The van der Waals surface area contributed by atoms with Crippen LogP contribution in [0.25, 0.3) is 0 Å². The van der Waals surface area contributed by atoms with Crippen LogP contribution in [0.3, 0.4) is 0 Å². The fourth-order valence-corrected chi connectivity index (χ4v) is 6.76. The molecule has 10 N–H and O–H groups in total. The van der Waals surface area contributed by atoms with Crippen molar-refractivity contribution in [3.8, 4) is 0 Å². The predicted octanol–water partition coefficient (Wildman–Crippen LogP) is -4.65. The molecule has 2 fully saturated rings. The van der Waals surface area contributed by atoms with Crippen molar-refractivity contribution in [3.63, 3.8) is 0 Å². The first-order valence-electron chi connectivity index (χ1n) is 14.1. The molecule has 2 aliphatic rings. The number of hydrogen-bond donors (Lipinski definition) is 10. The van der Waals surface area contributed by atoms with E-state index in [2.05, 4.69) is 19.5 Å². The summed E-state index contributed by atoms with van der Waals surface area (Å²) in [6.07, 6.45) is -15.0. The molecule has 278 valence electrons. The van der Waals surface area contributed by atoms with E-state index in [1.165, 1.54) is 0 Å². The number of aromatic amines is 1. The van der Waals surface area contributed by atoms with Crippen LogP contribution in [0.15, 0.2) is 21.9 Å². The lowest BCUT2D eigenvalue weighted by Gasteiger charge is -2.44. The highest BCUT2D eigenvalue weighted by Crippen LogP contribution is 2.61. The first kappa shape index (κ1) is 40.5. The summed E-state index contributed by atoms with van der Waals surface area (Å²) in [5.41, 5.74) is -1.81. The summed E-state index contributed by atoms with van der Waals surface area (Å²) in [5.74, 6) is -3.26. The van der Waals surface area contributed by atoms with E-state index in [1.807, 2.05) is 4.98 Å². The first-order chi connectivity index (χ1) is 22.7. The molecule has 0 aliphatic carbocycles. The average Bonchev–Trinajstić information content (AvgIpc) is 3.26. The maximum absolute atomic E-state index is 12.9. The molecule has 0 spiro atoms. The third-order valence-corrected chi connectivity index (χ3v) is 9.59. The maximum atomic E-state index is 12.9. The minimum Gasteiger partial charge on any atom is -0.480 e. The number of amides is 2. The van der Waals surface area contributed by atoms with Crippen LogP contribution < -0.4 is 21.9 Å². The molecule has 13 atom stereocenters. The third kappa shape index (κ3) is 10.5. The summed E-state index contributed by atoms with van der Waals surface area (Å²) in [4.78, 5) is 81.3. The summed E-state index contributed by atoms with van der Waals surface area (Å²) in [5, 5.41) is 54.4. The summed E-state index contributed by atoms with van der Waals surface area (Å²) < 4.78 is 56.0. The van der Waals surface area contributed by atoms with Gasteiger partial charge in [-0.05, 0) is 13.8 Å². The molecule has 0 aromatic carbocycles. The Morgan fingerprint density at radius 1 is 1.04 bits per heavy atom. The number of nitrogens with zero attached hydrogens (tertiary/aromatic N) is 1. The number of H-pyrrole nitrogens is 1. The van der Waals surface area contributed by atoms with E-state index in [9.17, 15) is 63.3 Å². The van der Waals surface area contributed by atoms with Gasteiger partial charge in [-0.3, -0.25) is 37.8 Å². The molecule has 1 aromatic heterocycles. The number of hydrogen-bond acceptors (Lipinski definition) is 17. The average molecular weight is 750 g/mol. The number of aliphatic hydroxyl groups excluding tert-OH is 4. The quantitative estimate of drug-likeness (QED) is 0.0753. The highest BCUT2D eigenvalue weighted by atomic mass is 31.3. The van der Waals surface area contributed by atoms with Crippen LogP contribution in [0.2, 0.25) is 0 Å². The van der Waals surface area contributed by atoms with E-state index < -0.39 is 125 Å². The minimum atomic E-state index is -5.80. The molecule has 3 heterocycles. The Balaban J connectivity index is 1.73. The van der Waals surface area contributed by atoms with Gasteiger partial charge in [0.1, 0.15) is 54.8 Å². The number of carboxylic acid groups (broad SMARTS) is 1. The van der Waals surface area contributed by atoms with Gasteiger partial charge < -0.3 is 60.2 Å². The Morgan fingerprint density at radius 3 is 2.27 bits per heavy atom. The SMILES string of the molecule is CC(=O)N[C@H]1C(OP(=O)(O)OP(=O)(O)OC[C@H]2O[C@@H](n3ccc(=O)[nH]c3=O)[C@H](O)[C@@H]2O)O[C@H](CO)[C@@H](O)[C@@H]1O[C@H](C)C(=O)N[C@@H](C)C(=O)O. The third-order valence-electron chi connectivity index (χ3n) is 6.99. The molecule has 3 unspecified atom stereocenters. The van der Waals surface area contributed by atoms with Gasteiger partial charge in [0.25, 0.3) is 5.56 Å². The lowest BCUT2D eigenvalue weighted by atomic mass is 9.96. The van der Waals surface area contributed by atoms with Crippen LogP contribution in [0.1, 0.15) is 27.0 Å². The van der Waals surface area contributed by atoms with E-state index in [1.54, 1.807) is 0 Å². The summed E-state index contributed by atoms with van der Waals surface area (Å²) >= 11 is 0. The fourth-order valence-electron chi connectivity index (χ4n) is 4.59. The van der Waals surface area contributed by atoms with Crippen LogP contribution in [0.4, 0.5) is 0 Å². The molecule has 0 saturated carbocycles. The summed E-state index contributed by atoms with van der Waals surface area (Å²) in [6.45, 7) is 1.15. The van der Waals surface area contributed by atoms with Crippen LogP contribution in [0, 0.1) is 0 Å². The topological polar surface area (TPSA) is 361 Å². The molecule has 3 rings (SSSR count). The van der Waals surface area contributed by atoms with Crippen molar-refractivity contribution in [2.75, 3.05) is 13.2 Å². The minimum absolute atomic E-state index is 0.701. The number of phosphoric acid groups is 2. The second-order valence-corrected chi connectivity index (χ2v) is 13.7. The maximum Gasteiger partial charge on any atom is 0.483 e. The van der Waals surface area contributed by atoms with Gasteiger partial charge in [-0.25, -0.2) is 13.9 Å². The van der Waals surface area contributed by atoms with Crippen molar-refractivity contribution >= 4 is 33.4 Å². The lowest BCUT2D eigenvalue weighted by molar-refractivity contribution is -0.261. The largest absolute Gasteiger partial charge is 0.483 e. The molecule has 0 radical (unpaired) electrons. The van der Waals surface area contributed by atoms with E-state index in [4.69, 9.17) is 23.8 Å². The van der Waals surface area contributed by atoms with Crippen molar-refractivity contribution < 1.29 is 86.4 Å². The molecular formula is C23H36N4O20P2. The molecular weight excluding hydrogens is 714 g/mol. The van der Waals surface area contributed by atoms with Crippen LogP contribution in [0.5, 0.6) is 0 Å². The molecule has 2 aliphatic heterocycles. The zero-order valence-electron chi connectivity index (χ0n) is 25.7. The van der Waals surface area contributed by atoms with Crippen LogP contribution in [-0.2, 0) is 51.1 Å². The monoisotopic (exact) mass is 750 g/mol. The Hall–Kier alpha value is -2.93. The molecule has 2 saturated heterocycles. The van der Waals surface area contributed by atoms with Crippen LogP contribution >= 0.6 is 15.6 Å². The smallest absolute Gasteiger partial charge is 0.480 e. The molecule has 0 bridgehead atoms. The number of phosphoric ester groups is 2. The first-order valence-corrected chi connectivity index (χ1v) is 17.1. The summed E-state index contributed by atoms with van der Waals surface area (Å²) in [6, 6.07) is -2.25. The standard InChI is InChI=1S/C23H36N4O20P2/c1-8(21(35)36)24-19(34)9(2)43-18-14(25-10(3)29)22(45-11(6-28)16(18)32)46-49(40,41)47-48(38,39)42-7-12-15(31)17(33)20(44-12)27-5-4-13(30)26-23(27)37/h4-5,8-9,11-12,14-18,20,22,28,31-33H,6-7H2,1-3H3,(H,24,34)(H,25,29)(H,35,36)(H,38,39)(H,40,41)(H,26,30,37)/t8-,9+,11+,12+,14+,15+,16+,17+,18+,20+,22?/m0/s1. The fraction of sp³-hybridized carbons (Fsp3) is 0.696. The highest BCUT2D eigenvalue weighted by Gasteiger charge is 2.52. The number of carbonyl (C=O) groups excluding carboxylic acids is 2.